The van der Waals surface area contributed by atoms with Crippen molar-refractivity contribution in [2.75, 3.05) is 11.4 Å². The Hall–Kier alpha value is -2.30. The van der Waals surface area contributed by atoms with Crippen LogP contribution in [0.5, 0.6) is 0 Å². The highest BCUT2D eigenvalue weighted by atomic mass is 35.5. The van der Waals surface area contributed by atoms with E-state index >= 15 is 0 Å². The first-order chi connectivity index (χ1) is 13.7. The Morgan fingerprint density at radius 1 is 1.24 bits per heavy atom. The van der Waals surface area contributed by atoms with Crippen LogP contribution in [-0.2, 0) is 0 Å². The van der Waals surface area contributed by atoms with Gasteiger partial charge in [0.15, 0.2) is 0 Å². The van der Waals surface area contributed by atoms with Crippen LogP contribution >= 0.6 is 23.2 Å². The molecule has 3 rings (SSSR count). The monoisotopic (exact) mass is 429 g/mol. The van der Waals surface area contributed by atoms with E-state index in [2.05, 4.69) is 49.2 Å². The van der Waals surface area contributed by atoms with Crippen LogP contribution in [0.25, 0.3) is 5.57 Å². The van der Waals surface area contributed by atoms with Gasteiger partial charge in [-0.2, -0.15) is 5.10 Å². The second kappa shape index (κ2) is 8.60. The van der Waals surface area contributed by atoms with E-state index in [1.165, 1.54) is 5.57 Å². The van der Waals surface area contributed by atoms with Crippen molar-refractivity contribution in [1.29, 1.82) is 0 Å². The van der Waals surface area contributed by atoms with Crippen molar-refractivity contribution in [2.45, 2.75) is 39.7 Å². The van der Waals surface area contributed by atoms with Crippen LogP contribution in [0.1, 0.15) is 55.6 Å². The second-order valence-corrected chi connectivity index (χ2v) is 8.58. The molecule has 1 aliphatic heterocycles. The van der Waals surface area contributed by atoms with E-state index in [0.717, 1.165) is 29.8 Å². The Labute approximate surface area is 182 Å². The maximum absolute atomic E-state index is 12.2. The van der Waals surface area contributed by atoms with Gasteiger partial charge in [-0.3, -0.25) is 4.79 Å². The van der Waals surface area contributed by atoms with Gasteiger partial charge in [-0.25, -0.2) is 5.43 Å². The van der Waals surface area contributed by atoms with Gasteiger partial charge in [-0.05, 0) is 63.1 Å². The Balaban J connectivity index is 1.86. The number of nitrogens with zero attached hydrogens (tertiary/aromatic N) is 2. The van der Waals surface area contributed by atoms with Gasteiger partial charge in [-0.15, -0.1) is 0 Å². The lowest BCUT2D eigenvalue weighted by Crippen LogP contribution is -2.45. The zero-order valence-corrected chi connectivity index (χ0v) is 18.6. The number of halogens is 2. The fourth-order valence-electron chi connectivity index (χ4n) is 3.70. The summed E-state index contributed by atoms with van der Waals surface area (Å²) in [5.41, 5.74) is 7.11. The third-order valence-electron chi connectivity index (χ3n) is 5.00. The van der Waals surface area contributed by atoms with Gasteiger partial charge in [0, 0.05) is 33.9 Å². The van der Waals surface area contributed by atoms with Crippen LogP contribution in [-0.4, -0.2) is 24.2 Å². The molecule has 6 heteroatoms. The first kappa shape index (κ1) is 21.4. The van der Waals surface area contributed by atoms with Crippen molar-refractivity contribution in [3.63, 3.8) is 0 Å². The highest BCUT2D eigenvalue weighted by Crippen LogP contribution is 2.41. The number of carbonyl (C=O) groups excluding carboxylic acids is 1. The minimum atomic E-state index is -0.329. The number of hydrogen-bond acceptors (Lipinski definition) is 3. The average molecular weight is 430 g/mol. The Bertz CT molecular complexity index is 996. The molecule has 0 spiro atoms. The Morgan fingerprint density at radius 3 is 2.69 bits per heavy atom. The molecule has 0 unspecified atom stereocenters. The van der Waals surface area contributed by atoms with E-state index in [9.17, 15) is 4.79 Å². The summed E-state index contributed by atoms with van der Waals surface area (Å²) < 4.78 is 0. The number of amides is 1. The summed E-state index contributed by atoms with van der Waals surface area (Å²) in [5, 5.41) is 5.18. The summed E-state index contributed by atoms with van der Waals surface area (Å²) >= 11 is 12.5. The Kier molecular flexibility index (Phi) is 6.35. The summed E-state index contributed by atoms with van der Waals surface area (Å²) in [6.07, 6.45) is 4.90. The zero-order chi connectivity index (χ0) is 21.2. The van der Waals surface area contributed by atoms with Crippen molar-refractivity contribution in [3.05, 3.63) is 69.2 Å². The molecule has 1 heterocycles. The number of anilines is 1. The normalized spacial score (nSPS) is 15.2. The van der Waals surface area contributed by atoms with Crippen LogP contribution in [0.3, 0.4) is 0 Å². The van der Waals surface area contributed by atoms with Crippen LogP contribution in [0.2, 0.25) is 10.0 Å². The molecule has 29 heavy (non-hydrogen) atoms. The topological polar surface area (TPSA) is 44.7 Å². The lowest BCUT2D eigenvalue weighted by molar-refractivity contribution is 0.0955. The largest absolute Gasteiger partial charge is 0.362 e. The maximum Gasteiger partial charge on any atom is 0.271 e. The van der Waals surface area contributed by atoms with Gasteiger partial charge in [0.2, 0.25) is 0 Å². The highest BCUT2D eigenvalue weighted by Gasteiger charge is 2.31. The number of fused-ring (bicyclic) bond motifs is 1. The number of hydrazone groups is 1. The van der Waals surface area contributed by atoms with Gasteiger partial charge >= 0.3 is 0 Å². The first-order valence-corrected chi connectivity index (χ1v) is 10.4. The summed E-state index contributed by atoms with van der Waals surface area (Å²) in [7, 11) is 0. The molecule has 152 valence electrons. The molecule has 0 bridgehead atoms. The van der Waals surface area contributed by atoms with Crippen LogP contribution < -0.4 is 10.3 Å². The predicted octanol–water partition coefficient (Wildman–Crippen LogP) is 6.17. The zero-order valence-electron chi connectivity index (χ0n) is 17.1. The molecule has 2 aromatic carbocycles. The summed E-state index contributed by atoms with van der Waals surface area (Å²) in [4.78, 5) is 14.6. The number of allylic oxidation sites excluding steroid dienone is 1. The molecule has 0 atom stereocenters. The predicted molar refractivity (Wildman–Crippen MR) is 123 cm³/mol. The fourth-order valence-corrected chi connectivity index (χ4v) is 4.10. The van der Waals surface area contributed by atoms with E-state index in [4.69, 9.17) is 23.2 Å². The molecule has 1 aliphatic rings. The maximum atomic E-state index is 12.2. The molecular formula is C23H25Cl2N3O. The minimum absolute atomic E-state index is 0.0725. The third kappa shape index (κ3) is 4.65. The summed E-state index contributed by atoms with van der Waals surface area (Å²) in [6, 6.07) is 10.7. The fraction of sp³-hybridized carbons (Fsp3) is 0.304. The molecule has 1 amide bonds. The molecule has 4 nitrogen and oxygen atoms in total. The van der Waals surface area contributed by atoms with E-state index in [1.807, 2.05) is 12.1 Å². The van der Waals surface area contributed by atoms with Gasteiger partial charge in [0.25, 0.3) is 5.91 Å². The lowest BCUT2D eigenvalue weighted by Gasteiger charge is -2.43. The second-order valence-electron chi connectivity index (χ2n) is 7.73. The van der Waals surface area contributed by atoms with Gasteiger partial charge in [0.1, 0.15) is 0 Å². The third-order valence-corrected chi connectivity index (χ3v) is 5.56. The number of rotatable bonds is 5. The van der Waals surface area contributed by atoms with Crippen molar-refractivity contribution in [2.24, 2.45) is 5.10 Å². The number of benzene rings is 2. The van der Waals surface area contributed by atoms with Crippen molar-refractivity contribution >= 4 is 46.6 Å². The van der Waals surface area contributed by atoms with Gasteiger partial charge in [-0.1, -0.05) is 42.3 Å². The van der Waals surface area contributed by atoms with Gasteiger partial charge in [0.05, 0.1) is 16.8 Å². The summed E-state index contributed by atoms with van der Waals surface area (Å²) in [5.74, 6) is -0.329. The highest BCUT2D eigenvalue weighted by molar-refractivity contribution is 6.33. The number of hydrogen-bond donors (Lipinski definition) is 1. The lowest BCUT2D eigenvalue weighted by atomic mass is 9.88. The van der Waals surface area contributed by atoms with Crippen molar-refractivity contribution < 1.29 is 4.79 Å². The number of carbonyl (C=O) groups is 1. The van der Waals surface area contributed by atoms with Crippen LogP contribution in [0, 0.1) is 0 Å². The SMILES string of the molecule is CCCN1c2cc(Cl)c(/C=N\NC(=O)c3cccc(Cl)c3)cc2C(C)=CC1(C)C. The van der Waals surface area contributed by atoms with E-state index in [0.29, 0.717) is 15.6 Å². The molecule has 0 aliphatic carbocycles. The molecule has 1 N–H and O–H groups in total. The van der Waals surface area contributed by atoms with Crippen molar-refractivity contribution in [3.8, 4) is 0 Å². The quantitative estimate of drug-likeness (QED) is 0.456. The van der Waals surface area contributed by atoms with E-state index < -0.39 is 0 Å². The van der Waals surface area contributed by atoms with Crippen LogP contribution in [0.15, 0.2) is 47.6 Å². The van der Waals surface area contributed by atoms with Crippen LogP contribution in [0.4, 0.5) is 5.69 Å². The molecule has 0 aromatic heterocycles. The Morgan fingerprint density at radius 2 is 2.00 bits per heavy atom. The molecule has 0 radical (unpaired) electrons. The standard InChI is InChI=1S/C23H25Cl2N3O/c1-5-9-28-21-12-20(25)17(11-19(21)15(2)13-23(28,3)4)14-26-27-22(29)16-7-6-8-18(24)10-16/h6-8,10-14H,5,9H2,1-4H3,(H,27,29)/b26-14-. The molecule has 0 saturated carbocycles. The molecule has 2 aromatic rings. The molecule has 0 saturated heterocycles. The summed E-state index contributed by atoms with van der Waals surface area (Å²) in [6.45, 7) is 9.66. The smallest absolute Gasteiger partial charge is 0.271 e. The molecular weight excluding hydrogens is 405 g/mol. The average Bonchev–Trinajstić information content (AvgIpc) is 2.65. The van der Waals surface area contributed by atoms with E-state index in [-0.39, 0.29) is 11.4 Å². The molecule has 0 fully saturated rings. The van der Waals surface area contributed by atoms with Gasteiger partial charge < -0.3 is 4.90 Å². The first-order valence-electron chi connectivity index (χ1n) is 9.63. The van der Waals surface area contributed by atoms with Crippen molar-refractivity contribution in [1.82, 2.24) is 5.43 Å². The number of nitrogens with one attached hydrogen (secondary N) is 1. The minimum Gasteiger partial charge on any atom is -0.362 e. The van der Waals surface area contributed by atoms with E-state index in [1.54, 1.807) is 30.5 Å².